The Morgan fingerprint density at radius 3 is 2.77 bits per heavy atom. The fourth-order valence-corrected chi connectivity index (χ4v) is 4.07. The summed E-state index contributed by atoms with van der Waals surface area (Å²) in [6.45, 7) is 0.499. The third kappa shape index (κ3) is 4.62. The van der Waals surface area contributed by atoms with Crippen molar-refractivity contribution >= 4 is 28.4 Å². The molecule has 1 fully saturated rings. The van der Waals surface area contributed by atoms with Crippen molar-refractivity contribution in [1.82, 2.24) is 9.97 Å². The highest BCUT2D eigenvalue weighted by Crippen LogP contribution is 2.33. The largest absolute Gasteiger partial charge is 0.370 e. The van der Waals surface area contributed by atoms with Crippen LogP contribution in [0, 0.1) is 0 Å². The van der Waals surface area contributed by atoms with Gasteiger partial charge in [0.05, 0.1) is 35.1 Å². The Labute approximate surface area is 176 Å². The molecule has 0 unspecified atom stereocenters. The second-order valence-electron chi connectivity index (χ2n) is 7.85. The third-order valence-corrected chi connectivity index (χ3v) is 5.73. The van der Waals surface area contributed by atoms with Gasteiger partial charge in [-0.1, -0.05) is 49.6 Å². The lowest BCUT2D eigenvalue weighted by Crippen LogP contribution is -2.34. The van der Waals surface area contributed by atoms with E-state index >= 15 is 0 Å². The molecule has 0 amide bonds. The highest BCUT2D eigenvalue weighted by Gasteiger charge is 2.21. The maximum Gasteiger partial charge on any atom is 0.266 e. The van der Waals surface area contributed by atoms with Gasteiger partial charge in [0.2, 0.25) is 0 Å². The Bertz CT molecular complexity index is 1090. The minimum absolute atomic E-state index is 0.229. The van der Waals surface area contributed by atoms with Gasteiger partial charge in [0.1, 0.15) is 0 Å². The number of aromatic amines is 1. The molecule has 4 rings (SSSR count). The van der Waals surface area contributed by atoms with Gasteiger partial charge in [-0.15, -0.1) is 0 Å². The Kier molecular flexibility index (Phi) is 5.97. The molecule has 7 nitrogen and oxygen atoms in total. The van der Waals surface area contributed by atoms with Crippen LogP contribution in [0.4, 0.5) is 11.4 Å². The van der Waals surface area contributed by atoms with Gasteiger partial charge in [-0.2, -0.15) is 0 Å². The summed E-state index contributed by atoms with van der Waals surface area (Å²) >= 11 is 0. The predicted molar refractivity (Wildman–Crippen MR) is 123 cm³/mol. The van der Waals surface area contributed by atoms with E-state index in [2.05, 4.69) is 32.2 Å². The summed E-state index contributed by atoms with van der Waals surface area (Å²) in [5.74, 6) is 0.336. The van der Waals surface area contributed by atoms with Crippen molar-refractivity contribution in [1.29, 1.82) is 0 Å². The summed E-state index contributed by atoms with van der Waals surface area (Å²) in [5, 5.41) is 3.25. The average molecular weight is 405 g/mol. The van der Waals surface area contributed by atoms with E-state index in [1.807, 2.05) is 42.5 Å². The summed E-state index contributed by atoms with van der Waals surface area (Å²) in [6.07, 6.45) is 7.45. The lowest BCUT2D eigenvalue weighted by Gasteiger charge is -2.34. The van der Waals surface area contributed by atoms with E-state index in [0.717, 1.165) is 22.5 Å². The van der Waals surface area contributed by atoms with Crippen molar-refractivity contribution in [2.45, 2.75) is 44.7 Å². The molecule has 1 aliphatic carbocycles. The molecule has 1 aromatic heterocycles. The number of nitrogens with zero attached hydrogens (tertiary/aromatic N) is 3. The van der Waals surface area contributed by atoms with E-state index in [4.69, 9.17) is 5.73 Å². The van der Waals surface area contributed by atoms with Crippen LogP contribution in [-0.2, 0) is 6.54 Å². The molecule has 2 aromatic carbocycles. The molecule has 4 N–H and O–H groups in total. The molecular weight excluding hydrogens is 376 g/mol. The molecule has 3 aromatic rings. The number of H-pyrrole nitrogens is 1. The van der Waals surface area contributed by atoms with E-state index in [1.54, 1.807) is 0 Å². The van der Waals surface area contributed by atoms with Crippen molar-refractivity contribution in [2.24, 2.45) is 10.7 Å². The molecule has 0 spiro atoms. The van der Waals surface area contributed by atoms with Gasteiger partial charge < -0.3 is 20.9 Å². The first-order chi connectivity index (χ1) is 14.6. The summed E-state index contributed by atoms with van der Waals surface area (Å²) in [5.41, 5.74) is 10.3. The summed E-state index contributed by atoms with van der Waals surface area (Å²) in [6, 6.07) is 14.4. The number of guanidine groups is 1. The molecule has 30 heavy (non-hydrogen) atoms. The molecule has 156 valence electrons. The Balaban J connectivity index is 1.65. The van der Waals surface area contributed by atoms with E-state index in [-0.39, 0.29) is 5.56 Å². The molecule has 0 bridgehead atoms. The highest BCUT2D eigenvalue weighted by molar-refractivity contribution is 5.99. The van der Waals surface area contributed by atoms with Gasteiger partial charge >= 0.3 is 0 Å². The molecule has 1 heterocycles. The Hall–Kier alpha value is -3.35. The van der Waals surface area contributed by atoms with Crippen molar-refractivity contribution in [3.05, 3.63) is 64.6 Å². The summed E-state index contributed by atoms with van der Waals surface area (Å²) in [7, 11) is 2.12. The lowest BCUT2D eigenvalue weighted by molar-refractivity contribution is 0.428. The number of nitrogens with two attached hydrogens (primary N) is 1. The number of aromatic nitrogens is 2. The number of hydrogen-bond acceptors (Lipinski definition) is 4. The molecule has 0 saturated heterocycles. The zero-order valence-electron chi connectivity index (χ0n) is 17.3. The van der Waals surface area contributed by atoms with Crippen molar-refractivity contribution in [3.63, 3.8) is 0 Å². The number of fused-ring (bicyclic) bond motifs is 1. The maximum absolute atomic E-state index is 11.7. The van der Waals surface area contributed by atoms with Crippen molar-refractivity contribution < 1.29 is 0 Å². The Morgan fingerprint density at radius 2 is 2.00 bits per heavy atom. The molecule has 0 aliphatic heterocycles. The zero-order valence-corrected chi connectivity index (χ0v) is 17.3. The second kappa shape index (κ2) is 8.98. The van der Waals surface area contributed by atoms with Gasteiger partial charge in [-0.25, -0.2) is 9.98 Å². The quantitative estimate of drug-likeness (QED) is 0.446. The zero-order chi connectivity index (χ0) is 20.9. The highest BCUT2D eigenvalue weighted by atomic mass is 16.1. The molecule has 1 saturated carbocycles. The molecule has 0 atom stereocenters. The SMILES string of the molecule is CN(c1cc2ncc(=O)[nH]c2cc1NC(N)=NCc1ccccc1)C1CCCCC1. The summed E-state index contributed by atoms with van der Waals surface area (Å²) in [4.78, 5) is 25.7. The summed E-state index contributed by atoms with van der Waals surface area (Å²) < 4.78 is 0. The number of benzene rings is 2. The van der Waals surface area contributed by atoms with Crippen LogP contribution in [0.3, 0.4) is 0 Å². The lowest BCUT2D eigenvalue weighted by atomic mass is 9.94. The third-order valence-electron chi connectivity index (χ3n) is 5.73. The Morgan fingerprint density at radius 1 is 1.23 bits per heavy atom. The minimum atomic E-state index is -0.229. The maximum atomic E-state index is 11.7. The van der Waals surface area contributed by atoms with Gasteiger partial charge in [0.15, 0.2) is 5.96 Å². The molecule has 1 aliphatic rings. The monoisotopic (exact) mass is 404 g/mol. The minimum Gasteiger partial charge on any atom is -0.370 e. The number of nitrogens with one attached hydrogen (secondary N) is 2. The van der Waals surface area contributed by atoms with Crippen LogP contribution < -0.4 is 21.5 Å². The van der Waals surface area contributed by atoms with E-state index in [9.17, 15) is 4.79 Å². The van der Waals surface area contributed by atoms with Crippen LogP contribution in [0.15, 0.2) is 58.4 Å². The van der Waals surface area contributed by atoms with E-state index < -0.39 is 0 Å². The van der Waals surface area contributed by atoms with E-state index in [1.165, 1.54) is 38.3 Å². The van der Waals surface area contributed by atoms with Crippen LogP contribution in [0.5, 0.6) is 0 Å². The molecular formula is C23H28N6O. The topological polar surface area (TPSA) is 99.4 Å². The smallest absolute Gasteiger partial charge is 0.266 e. The van der Waals surface area contributed by atoms with Gasteiger partial charge in [-0.05, 0) is 30.5 Å². The van der Waals surface area contributed by atoms with Crippen molar-refractivity contribution in [2.75, 3.05) is 17.3 Å². The normalized spacial score (nSPS) is 15.3. The molecule has 0 radical (unpaired) electrons. The number of aliphatic imine (C=N–C) groups is 1. The number of hydrogen-bond donors (Lipinski definition) is 3. The van der Waals surface area contributed by atoms with Gasteiger partial charge in [0, 0.05) is 13.1 Å². The van der Waals surface area contributed by atoms with Crippen LogP contribution in [-0.4, -0.2) is 29.0 Å². The van der Waals surface area contributed by atoms with Gasteiger partial charge in [0.25, 0.3) is 5.56 Å². The van der Waals surface area contributed by atoms with Crippen LogP contribution in [0.25, 0.3) is 11.0 Å². The number of rotatable bonds is 5. The second-order valence-corrected chi connectivity index (χ2v) is 7.85. The number of anilines is 2. The average Bonchev–Trinajstić information content (AvgIpc) is 2.78. The van der Waals surface area contributed by atoms with Crippen LogP contribution in [0.2, 0.25) is 0 Å². The standard InChI is InChI=1S/C23H28N6O/c1-29(17-10-6-3-7-11-17)21-13-18-19(27-22(30)15-25-18)12-20(21)28-23(24)26-14-16-8-4-2-5-9-16/h2,4-5,8-9,12-13,15,17H,3,6-7,10-11,14H2,1H3,(H,27,30)(H3,24,26,28). The van der Waals surface area contributed by atoms with Crippen LogP contribution >= 0.6 is 0 Å². The molecule has 7 heteroatoms. The predicted octanol–water partition coefficient (Wildman–Crippen LogP) is 3.62. The first kappa shape index (κ1) is 19.9. The van der Waals surface area contributed by atoms with Crippen LogP contribution in [0.1, 0.15) is 37.7 Å². The first-order valence-electron chi connectivity index (χ1n) is 10.5. The fraction of sp³-hybridized carbons (Fsp3) is 0.348. The van der Waals surface area contributed by atoms with Crippen molar-refractivity contribution in [3.8, 4) is 0 Å². The first-order valence-corrected chi connectivity index (χ1v) is 10.5. The van der Waals surface area contributed by atoms with E-state index in [0.29, 0.717) is 24.1 Å². The van der Waals surface area contributed by atoms with Gasteiger partial charge in [-0.3, -0.25) is 4.79 Å². The fourth-order valence-electron chi connectivity index (χ4n) is 4.07.